The molecule has 0 radical (unpaired) electrons. The van der Waals surface area contributed by atoms with E-state index >= 15 is 0 Å². The van der Waals surface area contributed by atoms with E-state index in [1.54, 1.807) is 0 Å². The van der Waals surface area contributed by atoms with Crippen LogP contribution in [0.15, 0.2) is 18.2 Å². The van der Waals surface area contributed by atoms with E-state index in [4.69, 9.17) is 11.6 Å². The minimum atomic E-state index is -5.14. The van der Waals surface area contributed by atoms with E-state index in [2.05, 4.69) is 4.74 Å². The first kappa shape index (κ1) is 11.2. The van der Waals surface area contributed by atoms with Gasteiger partial charge in [0.2, 0.25) is 0 Å². The quantitative estimate of drug-likeness (QED) is 0.720. The zero-order valence-corrected chi connectivity index (χ0v) is 8.26. The van der Waals surface area contributed by atoms with Crippen molar-refractivity contribution in [3.05, 3.63) is 34.3 Å². The lowest BCUT2D eigenvalue weighted by atomic mass is 10.0. The van der Waals surface area contributed by atoms with Crippen LogP contribution in [0, 0.1) is 0 Å². The van der Waals surface area contributed by atoms with E-state index in [1.165, 1.54) is 6.07 Å². The van der Waals surface area contributed by atoms with E-state index in [0.29, 0.717) is 0 Å². The van der Waals surface area contributed by atoms with Gasteiger partial charge in [-0.05, 0) is 12.1 Å². The van der Waals surface area contributed by atoms with Crippen molar-refractivity contribution in [1.29, 1.82) is 0 Å². The molecule has 0 saturated heterocycles. The number of hydrogen-bond acceptors (Lipinski definition) is 3. The second-order valence-corrected chi connectivity index (χ2v) is 3.60. The van der Waals surface area contributed by atoms with Gasteiger partial charge in [0.1, 0.15) is 0 Å². The van der Waals surface area contributed by atoms with Gasteiger partial charge in [-0.2, -0.15) is 13.2 Å². The van der Waals surface area contributed by atoms with E-state index < -0.39 is 23.5 Å². The van der Waals surface area contributed by atoms with Crippen LogP contribution in [0.25, 0.3) is 0 Å². The number of halogens is 4. The SMILES string of the molecule is O=C1O[C@@](O)(C(F)(F)F)c2c(Cl)cccc21. The van der Waals surface area contributed by atoms with Gasteiger partial charge in [0.15, 0.2) is 0 Å². The fraction of sp³-hybridized carbons (Fsp3) is 0.222. The number of carbonyl (C=O) groups is 1. The molecule has 0 aliphatic carbocycles. The third-order valence-electron chi connectivity index (χ3n) is 2.20. The Hall–Kier alpha value is -1.27. The predicted molar refractivity (Wildman–Crippen MR) is 46.8 cm³/mol. The van der Waals surface area contributed by atoms with E-state index in [9.17, 15) is 23.1 Å². The zero-order chi connectivity index (χ0) is 12.1. The Balaban J connectivity index is 2.72. The number of hydrogen-bond donors (Lipinski definition) is 1. The highest BCUT2D eigenvalue weighted by atomic mass is 35.5. The fourth-order valence-corrected chi connectivity index (χ4v) is 1.78. The van der Waals surface area contributed by atoms with Crippen molar-refractivity contribution in [2.45, 2.75) is 12.0 Å². The summed E-state index contributed by atoms with van der Waals surface area (Å²) in [6.45, 7) is 0. The lowest BCUT2D eigenvalue weighted by molar-refractivity contribution is -0.349. The van der Waals surface area contributed by atoms with Crippen molar-refractivity contribution in [2.24, 2.45) is 0 Å². The molecule has 3 nitrogen and oxygen atoms in total. The molecule has 86 valence electrons. The Morgan fingerprint density at radius 2 is 2.00 bits per heavy atom. The molecule has 16 heavy (non-hydrogen) atoms. The van der Waals surface area contributed by atoms with Gasteiger partial charge >= 0.3 is 17.9 Å². The lowest BCUT2D eigenvalue weighted by Gasteiger charge is -2.25. The minimum absolute atomic E-state index is 0.372. The summed E-state index contributed by atoms with van der Waals surface area (Å²) in [6.07, 6.45) is -5.14. The van der Waals surface area contributed by atoms with Gasteiger partial charge in [-0.3, -0.25) is 0 Å². The van der Waals surface area contributed by atoms with Crippen molar-refractivity contribution >= 4 is 17.6 Å². The van der Waals surface area contributed by atoms with Gasteiger partial charge in [-0.15, -0.1) is 0 Å². The molecule has 1 aliphatic rings. The topological polar surface area (TPSA) is 46.5 Å². The molecule has 0 amide bonds. The highest BCUT2D eigenvalue weighted by Crippen LogP contribution is 2.48. The maximum atomic E-state index is 12.6. The maximum Gasteiger partial charge on any atom is 0.460 e. The van der Waals surface area contributed by atoms with Crippen LogP contribution < -0.4 is 0 Å². The molecular weight excluding hydrogens is 249 g/mol. The lowest BCUT2D eigenvalue weighted by Crippen LogP contribution is -2.42. The highest BCUT2D eigenvalue weighted by molar-refractivity contribution is 6.32. The number of benzene rings is 1. The smallest absolute Gasteiger partial charge is 0.415 e. The molecule has 1 aliphatic heterocycles. The predicted octanol–water partition coefficient (Wildman–Crippen LogP) is 2.22. The molecule has 1 aromatic carbocycles. The van der Waals surface area contributed by atoms with E-state index in [1.807, 2.05) is 0 Å². The maximum absolute atomic E-state index is 12.6. The highest BCUT2D eigenvalue weighted by Gasteiger charge is 2.64. The molecule has 1 atom stereocenters. The van der Waals surface area contributed by atoms with Crippen LogP contribution in [0.4, 0.5) is 13.2 Å². The van der Waals surface area contributed by atoms with Crippen molar-refractivity contribution in [2.75, 3.05) is 0 Å². The summed E-state index contributed by atoms with van der Waals surface area (Å²) in [5.74, 6) is -4.91. The summed E-state index contributed by atoms with van der Waals surface area (Å²) in [5, 5.41) is 9.01. The Kier molecular flexibility index (Phi) is 2.18. The first-order chi connectivity index (χ1) is 7.27. The fourth-order valence-electron chi connectivity index (χ4n) is 1.48. The van der Waals surface area contributed by atoms with Gasteiger partial charge in [-0.1, -0.05) is 17.7 Å². The molecule has 0 saturated carbocycles. The molecule has 0 bridgehead atoms. The number of cyclic esters (lactones) is 1. The molecule has 7 heteroatoms. The van der Waals surface area contributed by atoms with Crippen molar-refractivity contribution in [1.82, 2.24) is 0 Å². The normalized spacial score (nSPS) is 24.2. The second kappa shape index (κ2) is 3.11. The zero-order valence-electron chi connectivity index (χ0n) is 7.51. The molecule has 1 N–H and O–H groups in total. The number of fused-ring (bicyclic) bond motifs is 1. The number of esters is 1. The summed E-state index contributed by atoms with van der Waals surface area (Å²) in [7, 11) is 0. The average molecular weight is 253 g/mol. The Labute approximate surface area is 92.4 Å². The Morgan fingerprint density at radius 1 is 1.38 bits per heavy atom. The summed E-state index contributed by atoms with van der Waals surface area (Å²) >= 11 is 5.53. The number of alkyl halides is 3. The average Bonchev–Trinajstić information content (AvgIpc) is 2.40. The largest absolute Gasteiger partial charge is 0.460 e. The molecule has 2 rings (SSSR count). The number of rotatable bonds is 0. The molecule has 1 aromatic rings. The van der Waals surface area contributed by atoms with Gasteiger partial charge in [0.25, 0.3) is 0 Å². The number of ether oxygens (including phenoxy) is 1. The first-order valence-corrected chi connectivity index (χ1v) is 4.46. The van der Waals surface area contributed by atoms with E-state index in [0.717, 1.165) is 12.1 Å². The van der Waals surface area contributed by atoms with Crippen molar-refractivity contribution < 1.29 is 27.8 Å². The van der Waals surface area contributed by atoms with Gasteiger partial charge in [0.05, 0.1) is 16.1 Å². The molecular formula is C9H4ClF3O3. The number of aliphatic hydroxyl groups is 1. The summed E-state index contributed by atoms with van der Waals surface area (Å²) in [4.78, 5) is 11.1. The van der Waals surface area contributed by atoms with Crippen LogP contribution in [0.5, 0.6) is 0 Å². The first-order valence-electron chi connectivity index (χ1n) is 4.09. The van der Waals surface area contributed by atoms with Crippen LogP contribution in [0.3, 0.4) is 0 Å². The number of carbonyl (C=O) groups excluding carboxylic acids is 1. The Bertz CT molecular complexity index is 472. The second-order valence-electron chi connectivity index (χ2n) is 3.19. The summed E-state index contributed by atoms with van der Waals surface area (Å²) in [5.41, 5.74) is -1.14. The van der Waals surface area contributed by atoms with Crippen molar-refractivity contribution in [3.63, 3.8) is 0 Å². The van der Waals surface area contributed by atoms with Gasteiger partial charge < -0.3 is 9.84 Å². The molecule has 0 spiro atoms. The van der Waals surface area contributed by atoms with Gasteiger partial charge in [-0.25, -0.2) is 4.79 Å². The van der Waals surface area contributed by atoms with E-state index in [-0.39, 0.29) is 10.6 Å². The minimum Gasteiger partial charge on any atom is -0.415 e. The molecule has 1 heterocycles. The monoisotopic (exact) mass is 252 g/mol. The summed E-state index contributed by atoms with van der Waals surface area (Å²) < 4.78 is 41.7. The van der Waals surface area contributed by atoms with Gasteiger partial charge in [0, 0.05) is 0 Å². The van der Waals surface area contributed by atoms with Crippen LogP contribution in [-0.4, -0.2) is 17.3 Å². The third kappa shape index (κ3) is 1.30. The molecule has 0 aromatic heterocycles. The van der Waals surface area contributed by atoms with Crippen molar-refractivity contribution in [3.8, 4) is 0 Å². The Morgan fingerprint density at radius 3 is 2.56 bits per heavy atom. The van der Waals surface area contributed by atoms with Crippen LogP contribution in [0.1, 0.15) is 15.9 Å². The van der Waals surface area contributed by atoms with Crippen LogP contribution in [-0.2, 0) is 10.5 Å². The van der Waals surface area contributed by atoms with Crippen LogP contribution >= 0.6 is 11.6 Å². The standard InChI is InChI=1S/C9H4ClF3O3/c10-5-3-1-2-4-6(5)8(15,9(11,12)13)16-7(4)14/h1-3,15H/t8-/m1/s1. The summed E-state index contributed by atoms with van der Waals surface area (Å²) in [6, 6.07) is 3.54. The molecule has 0 unspecified atom stereocenters. The third-order valence-corrected chi connectivity index (χ3v) is 2.51. The molecule has 0 fully saturated rings. The van der Waals surface area contributed by atoms with Crippen LogP contribution in [0.2, 0.25) is 5.02 Å².